The minimum absolute atomic E-state index is 0.898. The zero-order chi connectivity index (χ0) is 16.1. The van der Waals surface area contributed by atoms with Crippen LogP contribution in [0.5, 0.6) is 5.75 Å². The molecule has 2 aromatic carbocycles. The molecule has 0 atom stereocenters. The van der Waals surface area contributed by atoms with Gasteiger partial charge in [-0.25, -0.2) is 0 Å². The first-order chi connectivity index (χ1) is 11.3. The molecule has 23 heavy (non-hydrogen) atoms. The number of nitrogens with zero attached hydrogens (tertiary/aromatic N) is 1. The second kappa shape index (κ2) is 7.36. The average Bonchev–Trinajstić information content (AvgIpc) is 2.97. The molecule has 120 valence electrons. The Morgan fingerprint density at radius 1 is 0.913 bits per heavy atom. The van der Waals surface area contributed by atoms with Crippen LogP contribution in [0, 0.1) is 0 Å². The molecule has 2 heteroatoms. The second-order valence-corrected chi connectivity index (χ2v) is 6.04. The van der Waals surface area contributed by atoms with Crippen molar-refractivity contribution in [1.82, 2.24) is 4.57 Å². The van der Waals surface area contributed by atoms with Crippen molar-refractivity contribution in [3.05, 3.63) is 60.3 Å². The molecule has 0 aliphatic heterocycles. The summed E-state index contributed by atoms with van der Waals surface area (Å²) >= 11 is 0. The smallest absolute Gasteiger partial charge is 0.119 e. The highest BCUT2D eigenvalue weighted by molar-refractivity contribution is 5.83. The van der Waals surface area contributed by atoms with E-state index >= 15 is 0 Å². The first-order valence-corrected chi connectivity index (χ1v) is 8.57. The van der Waals surface area contributed by atoms with Crippen LogP contribution in [0.4, 0.5) is 0 Å². The lowest BCUT2D eigenvalue weighted by atomic mass is 10.1. The first-order valence-electron chi connectivity index (χ1n) is 8.57. The second-order valence-electron chi connectivity index (χ2n) is 6.04. The van der Waals surface area contributed by atoms with E-state index in [0.29, 0.717) is 0 Å². The Bertz CT molecular complexity index is 755. The third-order valence-electron chi connectivity index (χ3n) is 4.40. The number of aryl methyl sites for hydroxylation is 1. The molecule has 0 aliphatic rings. The van der Waals surface area contributed by atoms with Crippen molar-refractivity contribution >= 4 is 10.9 Å². The standard InChI is InChI=1S/C21H25NO/c1-3-4-5-6-10-19-16-17-9-7-8-11-21(17)22(19)18-12-14-20(23-2)15-13-18/h7-9,11-16H,3-6,10H2,1-2H3. The molecule has 0 spiro atoms. The van der Waals surface area contributed by atoms with Crippen molar-refractivity contribution in [2.24, 2.45) is 0 Å². The normalized spacial score (nSPS) is 11.0. The van der Waals surface area contributed by atoms with Crippen LogP contribution in [0.15, 0.2) is 54.6 Å². The first kappa shape index (κ1) is 15.7. The lowest BCUT2D eigenvalue weighted by molar-refractivity contribution is 0.414. The van der Waals surface area contributed by atoms with Crippen LogP contribution >= 0.6 is 0 Å². The summed E-state index contributed by atoms with van der Waals surface area (Å²) in [5.74, 6) is 0.898. The quantitative estimate of drug-likeness (QED) is 0.506. The molecule has 1 aromatic heterocycles. The molecule has 3 rings (SSSR count). The average molecular weight is 307 g/mol. The fourth-order valence-corrected chi connectivity index (χ4v) is 3.17. The van der Waals surface area contributed by atoms with Crippen molar-refractivity contribution in [2.75, 3.05) is 7.11 Å². The topological polar surface area (TPSA) is 14.2 Å². The number of hydrogen-bond acceptors (Lipinski definition) is 1. The van der Waals surface area contributed by atoms with E-state index in [1.807, 2.05) is 12.1 Å². The van der Waals surface area contributed by atoms with Gasteiger partial charge in [0.2, 0.25) is 0 Å². The molecule has 0 unspecified atom stereocenters. The van der Waals surface area contributed by atoms with Crippen LogP contribution in [-0.2, 0) is 6.42 Å². The molecule has 0 fully saturated rings. The van der Waals surface area contributed by atoms with Gasteiger partial charge in [0.1, 0.15) is 5.75 Å². The van der Waals surface area contributed by atoms with Crippen LogP contribution in [0.25, 0.3) is 16.6 Å². The van der Waals surface area contributed by atoms with Gasteiger partial charge in [-0.15, -0.1) is 0 Å². The summed E-state index contributed by atoms with van der Waals surface area (Å²) in [5, 5.41) is 1.31. The van der Waals surface area contributed by atoms with Gasteiger partial charge in [-0.3, -0.25) is 0 Å². The zero-order valence-corrected chi connectivity index (χ0v) is 14.1. The van der Waals surface area contributed by atoms with Gasteiger partial charge < -0.3 is 9.30 Å². The van der Waals surface area contributed by atoms with Crippen molar-refractivity contribution in [1.29, 1.82) is 0 Å². The van der Waals surface area contributed by atoms with Gasteiger partial charge in [-0.05, 0) is 49.2 Å². The Hall–Kier alpha value is -2.22. The predicted octanol–water partition coefficient (Wildman–Crippen LogP) is 5.76. The maximum Gasteiger partial charge on any atom is 0.119 e. The van der Waals surface area contributed by atoms with E-state index in [2.05, 4.69) is 54.0 Å². The highest BCUT2D eigenvalue weighted by Crippen LogP contribution is 2.27. The number of benzene rings is 2. The number of unbranched alkanes of at least 4 members (excludes halogenated alkanes) is 3. The molecule has 0 bridgehead atoms. The summed E-state index contributed by atoms with van der Waals surface area (Å²) in [6, 6.07) is 19.3. The van der Waals surface area contributed by atoms with Crippen LogP contribution in [-0.4, -0.2) is 11.7 Å². The Balaban J connectivity index is 1.97. The zero-order valence-electron chi connectivity index (χ0n) is 14.1. The van der Waals surface area contributed by atoms with Crippen LogP contribution in [0.3, 0.4) is 0 Å². The van der Waals surface area contributed by atoms with E-state index in [0.717, 1.165) is 12.2 Å². The molecule has 0 saturated carbocycles. The maximum atomic E-state index is 5.29. The van der Waals surface area contributed by atoms with Crippen LogP contribution < -0.4 is 4.74 Å². The van der Waals surface area contributed by atoms with Crippen LogP contribution in [0.1, 0.15) is 38.3 Å². The Morgan fingerprint density at radius 3 is 2.43 bits per heavy atom. The summed E-state index contributed by atoms with van der Waals surface area (Å²) in [5.41, 5.74) is 3.88. The van der Waals surface area contributed by atoms with Crippen molar-refractivity contribution in [2.45, 2.75) is 39.0 Å². The summed E-state index contributed by atoms with van der Waals surface area (Å²) < 4.78 is 7.68. The van der Waals surface area contributed by atoms with Gasteiger partial charge in [-0.1, -0.05) is 44.4 Å². The number of rotatable bonds is 7. The molecule has 2 nitrogen and oxygen atoms in total. The van der Waals surface area contributed by atoms with Gasteiger partial charge in [0.15, 0.2) is 0 Å². The Labute approximate surface area is 138 Å². The summed E-state index contributed by atoms with van der Waals surface area (Å²) in [6.45, 7) is 2.26. The molecule has 0 saturated heterocycles. The molecule has 0 amide bonds. The van der Waals surface area contributed by atoms with E-state index < -0.39 is 0 Å². The molecular weight excluding hydrogens is 282 g/mol. The number of ether oxygens (including phenoxy) is 1. The number of aromatic nitrogens is 1. The summed E-state index contributed by atoms with van der Waals surface area (Å²) in [4.78, 5) is 0. The summed E-state index contributed by atoms with van der Waals surface area (Å²) in [6.07, 6.45) is 6.28. The number of hydrogen-bond donors (Lipinski definition) is 0. The molecule has 3 aromatic rings. The fraction of sp³-hybridized carbons (Fsp3) is 0.333. The number of methoxy groups -OCH3 is 1. The molecular formula is C21H25NO. The summed E-state index contributed by atoms with van der Waals surface area (Å²) in [7, 11) is 1.71. The van der Waals surface area contributed by atoms with Gasteiger partial charge in [0.25, 0.3) is 0 Å². The molecule has 0 N–H and O–H groups in total. The molecule has 0 radical (unpaired) electrons. The highest BCUT2D eigenvalue weighted by atomic mass is 16.5. The number of fused-ring (bicyclic) bond motifs is 1. The van der Waals surface area contributed by atoms with Gasteiger partial charge in [0.05, 0.1) is 12.6 Å². The van der Waals surface area contributed by atoms with E-state index in [1.54, 1.807) is 7.11 Å². The number of para-hydroxylation sites is 1. The van der Waals surface area contributed by atoms with Crippen molar-refractivity contribution in [3.8, 4) is 11.4 Å². The third kappa shape index (κ3) is 3.42. The van der Waals surface area contributed by atoms with E-state index in [1.165, 1.54) is 48.0 Å². The minimum atomic E-state index is 0.898. The van der Waals surface area contributed by atoms with E-state index in [9.17, 15) is 0 Å². The van der Waals surface area contributed by atoms with Gasteiger partial charge in [-0.2, -0.15) is 0 Å². The van der Waals surface area contributed by atoms with Gasteiger partial charge in [0, 0.05) is 16.8 Å². The fourth-order valence-electron chi connectivity index (χ4n) is 3.17. The van der Waals surface area contributed by atoms with E-state index in [4.69, 9.17) is 4.74 Å². The van der Waals surface area contributed by atoms with Crippen molar-refractivity contribution in [3.63, 3.8) is 0 Å². The largest absolute Gasteiger partial charge is 0.497 e. The maximum absolute atomic E-state index is 5.29. The lowest BCUT2D eigenvalue weighted by Gasteiger charge is -2.12. The molecule has 1 heterocycles. The third-order valence-corrected chi connectivity index (χ3v) is 4.40. The van der Waals surface area contributed by atoms with Crippen molar-refractivity contribution < 1.29 is 4.74 Å². The lowest BCUT2D eigenvalue weighted by Crippen LogP contribution is -2.00. The predicted molar refractivity (Wildman–Crippen MR) is 97.7 cm³/mol. The Kier molecular flexibility index (Phi) is 5.02. The van der Waals surface area contributed by atoms with Crippen LogP contribution in [0.2, 0.25) is 0 Å². The monoisotopic (exact) mass is 307 g/mol. The van der Waals surface area contributed by atoms with E-state index in [-0.39, 0.29) is 0 Å². The SMILES string of the molecule is CCCCCCc1cc2ccccc2n1-c1ccc(OC)cc1. The molecule has 0 aliphatic carbocycles. The minimum Gasteiger partial charge on any atom is -0.497 e. The highest BCUT2D eigenvalue weighted by Gasteiger charge is 2.10. The Morgan fingerprint density at radius 2 is 1.70 bits per heavy atom. The van der Waals surface area contributed by atoms with Gasteiger partial charge >= 0.3 is 0 Å².